The average Bonchev–Trinajstić information content (AvgIpc) is 2.96. The predicted molar refractivity (Wildman–Crippen MR) is 85.6 cm³/mol. The molecule has 6 heteroatoms. The summed E-state index contributed by atoms with van der Waals surface area (Å²) in [6.07, 6.45) is 4.08. The Morgan fingerprint density at radius 1 is 1.18 bits per heavy atom. The van der Waals surface area contributed by atoms with Gasteiger partial charge in [0.15, 0.2) is 0 Å². The number of aromatic nitrogens is 2. The highest BCUT2D eigenvalue weighted by Gasteiger charge is 2.33. The first-order chi connectivity index (χ1) is 10.6. The van der Waals surface area contributed by atoms with Crippen LogP contribution in [0.1, 0.15) is 31.4 Å². The molecule has 2 saturated heterocycles. The lowest BCUT2D eigenvalue weighted by Gasteiger charge is -2.35. The highest BCUT2D eigenvalue weighted by molar-refractivity contribution is 5.82. The number of anilines is 1. The average molecular weight is 303 g/mol. The number of carbonyl (C=O) groups is 1. The van der Waals surface area contributed by atoms with E-state index in [1.165, 1.54) is 0 Å². The molecule has 3 heterocycles. The largest absolute Gasteiger partial charge is 0.366 e. The SMILES string of the molecule is Cc1ccc(NC2CCN(C(=O)[C@@H]3CCCN3C)CC2)nn1. The van der Waals surface area contributed by atoms with Gasteiger partial charge in [0.05, 0.1) is 11.7 Å². The van der Waals surface area contributed by atoms with E-state index in [1.54, 1.807) is 0 Å². The molecule has 2 aliphatic rings. The maximum absolute atomic E-state index is 12.6. The van der Waals surface area contributed by atoms with Gasteiger partial charge in [0.25, 0.3) is 0 Å². The van der Waals surface area contributed by atoms with Crippen LogP contribution < -0.4 is 5.32 Å². The van der Waals surface area contributed by atoms with Gasteiger partial charge < -0.3 is 10.2 Å². The van der Waals surface area contributed by atoms with E-state index in [2.05, 4.69) is 27.5 Å². The molecule has 6 nitrogen and oxygen atoms in total. The molecule has 0 radical (unpaired) electrons. The summed E-state index contributed by atoms with van der Waals surface area (Å²) < 4.78 is 0. The summed E-state index contributed by atoms with van der Waals surface area (Å²) in [6, 6.07) is 4.41. The number of amides is 1. The van der Waals surface area contributed by atoms with Crippen molar-refractivity contribution < 1.29 is 4.79 Å². The number of nitrogens with zero attached hydrogens (tertiary/aromatic N) is 4. The fourth-order valence-corrected chi connectivity index (χ4v) is 3.36. The van der Waals surface area contributed by atoms with Crippen molar-refractivity contribution in [2.24, 2.45) is 0 Å². The summed E-state index contributed by atoms with van der Waals surface area (Å²) in [5.41, 5.74) is 0.923. The molecule has 0 saturated carbocycles. The zero-order valence-electron chi connectivity index (χ0n) is 13.5. The van der Waals surface area contributed by atoms with Gasteiger partial charge >= 0.3 is 0 Å². The van der Waals surface area contributed by atoms with Crippen molar-refractivity contribution in [3.63, 3.8) is 0 Å². The molecule has 0 unspecified atom stereocenters. The standard InChI is InChI=1S/C16H25N5O/c1-12-5-6-15(19-18-12)17-13-7-10-21(11-8-13)16(22)14-4-3-9-20(14)2/h5-6,13-14H,3-4,7-11H2,1-2H3,(H,17,19)/t14-/m0/s1. The minimum atomic E-state index is 0.104. The third-order valence-electron chi connectivity index (χ3n) is 4.76. The second-order valence-corrected chi connectivity index (χ2v) is 6.44. The topological polar surface area (TPSA) is 61.4 Å². The van der Waals surface area contributed by atoms with E-state index in [4.69, 9.17) is 0 Å². The lowest BCUT2D eigenvalue weighted by Crippen LogP contribution is -2.49. The molecule has 1 atom stereocenters. The summed E-state index contributed by atoms with van der Waals surface area (Å²) in [7, 11) is 2.06. The molecule has 0 aliphatic carbocycles. The van der Waals surface area contributed by atoms with Crippen LogP contribution in [0, 0.1) is 6.92 Å². The number of nitrogens with one attached hydrogen (secondary N) is 1. The number of hydrogen-bond acceptors (Lipinski definition) is 5. The Hall–Kier alpha value is -1.69. The van der Waals surface area contributed by atoms with Crippen molar-refractivity contribution in [3.05, 3.63) is 17.8 Å². The molecule has 2 fully saturated rings. The third kappa shape index (κ3) is 3.38. The van der Waals surface area contributed by atoms with Crippen LogP contribution in [0.3, 0.4) is 0 Å². The lowest BCUT2D eigenvalue weighted by molar-refractivity contribution is -0.136. The Kier molecular flexibility index (Phi) is 4.57. The van der Waals surface area contributed by atoms with E-state index in [9.17, 15) is 4.79 Å². The number of likely N-dealkylation sites (tertiary alicyclic amines) is 2. The van der Waals surface area contributed by atoms with Gasteiger partial charge in [-0.1, -0.05) is 0 Å². The Balaban J connectivity index is 1.49. The van der Waals surface area contributed by atoms with Crippen LogP contribution in [0.25, 0.3) is 0 Å². The highest BCUT2D eigenvalue weighted by atomic mass is 16.2. The van der Waals surface area contributed by atoms with Crippen LogP contribution in [-0.4, -0.2) is 64.7 Å². The minimum absolute atomic E-state index is 0.104. The first kappa shape index (κ1) is 15.2. The Bertz CT molecular complexity index is 510. The van der Waals surface area contributed by atoms with Crippen LogP contribution >= 0.6 is 0 Å². The fraction of sp³-hybridized carbons (Fsp3) is 0.688. The number of carbonyl (C=O) groups excluding carboxylic acids is 1. The summed E-state index contributed by atoms with van der Waals surface area (Å²) in [6.45, 7) is 4.64. The van der Waals surface area contributed by atoms with Gasteiger partial charge in [-0.15, -0.1) is 5.10 Å². The summed E-state index contributed by atoms with van der Waals surface area (Å²) in [4.78, 5) is 16.8. The third-order valence-corrected chi connectivity index (χ3v) is 4.76. The molecule has 0 spiro atoms. The van der Waals surface area contributed by atoms with Crippen molar-refractivity contribution in [1.82, 2.24) is 20.0 Å². The maximum atomic E-state index is 12.6. The molecule has 0 aromatic carbocycles. The molecular weight excluding hydrogens is 278 g/mol. The highest BCUT2D eigenvalue weighted by Crippen LogP contribution is 2.21. The molecule has 2 aliphatic heterocycles. The lowest BCUT2D eigenvalue weighted by atomic mass is 10.0. The Morgan fingerprint density at radius 2 is 1.95 bits per heavy atom. The number of aryl methyl sites for hydroxylation is 1. The van der Waals surface area contributed by atoms with Crippen LogP contribution in [-0.2, 0) is 4.79 Å². The molecule has 1 aromatic heterocycles. The number of rotatable bonds is 3. The molecule has 22 heavy (non-hydrogen) atoms. The van der Waals surface area contributed by atoms with E-state index >= 15 is 0 Å². The van der Waals surface area contributed by atoms with Crippen molar-refractivity contribution in [2.45, 2.75) is 44.7 Å². The summed E-state index contributed by atoms with van der Waals surface area (Å²) in [5.74, 6) is 1.14. The van der Waals surface area contributed by atoms with Gasteiger partial charge in [0, 0.05) is 19.1 Å². The molecule has 3 rings (SSSR count). The van der Waals surface area contributed by atoms with Crippen molar-refractivity contribution >= 4 is 11.7 Å². The predicted octanol–water partition coefficient (Wildman–Crippen LogP) is 1.28. The minimum Gasteiger partial charge on any atom is -0.366 e. The van der Waals surface area contributed by atoms with Gasteiger partial charge in [-0.2, -0.15) is 5.10 Å². The second kappa shape index (κ2) is 6.60. The van der Waals surface area contributed by atoms with Crippen LogP contribution in [0.5, 0.6) is 0 Å². The summed E-state index contributed by atoms with van der Waals surface area (Å²) in [5, 5.41) is 11.6. The van der Waals surface area contributed by atoms with Crippen LogP contribution in [0.2, 0.25) is 0 Å². The number of likely N-dealkylation sites (N-methyl/N-ethyl adjacent to an activating group) is 1. The van der Waals surface area contributed by atoms with Crippen molar-refractivity contribution in [1.29, 1.82) is 0 Å². The fourth-order valence-electron chi connectivity index (χ4n) is 3.36. The van der Waals surface area contributed by atoms with Crippen LogP contribution in [0.4, 0.5) is 5.82 Å². The van der Waals surface area contributed by atoms with Gasteiger partial charge in [-0.25, -0.2) is 0 Å². The Labute approximate surface area is 131 Å². The van der Waals surface area contributed by atoms with Crippen molar-refractivity contribution in [3.8, 4) is 0 Å². The molecule has 120 valence electrons. The van der Waals surface area contributed by atoms with Gasteiger partial charge in [-0.05, 0) is 58.3 Å². The molecular formula is C16H25N5O. The molecule has 1 N–H and O–H groups in total. The van der Waals surface area contributed by atoms with E-state index in [-0.39, 0.29) is 6.04 Å². The smallest absolute Gasteiger partial charge is 0.239 e. The summed E-state index contributed by atoms with van der Waals surface area (Å²) >= 11 is 0. The van der Waals surface area contributed by atoms with E-state index in [0.717, 1.165) is 56.8 Å². The monoisotopic (exact) mass is 303 g/mol. The Morgan fingerprint density at radius 3 is 2.55 bits per heavy atom. The molecule has 1 aromatic rings. The zero-order chi connectivity index (χ0) is 15.5. The quantitative estimate of drug-likeness (QED) is 0.911. The van der Waals surface area contributed by atoms with Gasteiger partial charge in [0.1, 0.15) is 5.82 Å². The van der Waals surface area contributed by atoms with E-state index in [1.807, 2.05) is 24.0 Å². The normalized spacial score (nSPS) is 23.7. The molecule has 0 bridgehead atoms. The number of piperidine rings is 1. The van der Waals surface area contributed by atoms with E-state index in [0.29, 0.717) is 11.9 Å². The van der Waals surface area contributed by atoms with Crippen LogP contribution in [0.15, 0.2) is 12.1 Å². The number of hydrogen-bond donors (Lipinski definition) is 1. The van der Waals surface area contributed by atoms with E-state index < -0.39 is 0 Å². The molecule has 1 amide bonds. The zero-order valence-corrected chi connectivity index (χ0v) is 13.5. The van der Waals surface area contributed by atoms with Gasteiger partial charge in [0.2, 0.25) is 5.91 Å². The first-order valence-electron chi connectivity index (χ1n) is 8.19. The first-order valence-corrected chi connectivity index (χ1v) is 8.19. The van der Waals surface area contributed by atoms with Gasteiger partial charge in [-0.3, -0.25) is 9.69 Å². The van der Waals surface area contributed by atoms with Crippen molar-refractivity contribution in [2.75, 3.05) is 32.0 Å². The second-order valence-electron chi connectivity index (χ2n) is 6.44. The maximum Gasteiger partial charge on any atom is 0.239 e.